The average molecular weight is 259 g/mol. The predicted molar refractivity (Wildman–Crippen MR) is 79.1 cm³/mol. The van der Waals surface area contributed by atoms with E-state index in [-0.39, 0.29) is 5.91 Å². The van der Waals surface area contributed by atoms with Gasteiger partial charge >= 0.3 is 0 Å². The molecule has 0 bridgehead atoms. The number of anilines is 1. The lowest BCUT2D eigenvalue weighted by Crippen LogP contribution is -2.29. The fraction of sp³-hybridized carbons (Fsp3) is 0.400. The lowest BCUT2D eigenvalue weighted by atomic mass is 10.0. The van der Waals surface area contributed by atoms with Crippen molar-refractivity contribution >= 4 is 22.5 Å². The second-order valence-corrected chi connectivity index (χ2v) is 4.89. The molecule has 0 aliphatic heterocycles. The van der Waals surface area contributed by atoms with Crippen LogP contribution in [0.2, 0.25) is 0 Å². The SMILES string of the molecule is CCC(CC)CNC(=O)c1cc2cccc(N)c2[nH]1. The Balaban J connectivity index is 2.11. The molecule has 102 valence electrons. The van der Waals surface area contributed by atoms with E-state index in [2.05, 4.69) is 24.1 Å². The van der Waals surface area contributed by atoms with Crippen LogP contribution in [0.25, 0.3) is 10.9 Å². The van der Waals surface area contributed by atoms with Gasteiger partial charge in [-0.1, -0.05) is 38.8 Å². The maximum Gasteiger partial charge on any atom is 0.267 e. The van der Waals surface area contributed by atoms with Crippen molar-refractivity contribution in [3.05, 3.63) is 30.0 Å². The van der Waals surface area contributed by atoms with Gasteiger partial charge in [0.2, 0.25) is 0 Å². The Labute approximate surface area is 113 Å². The molecule has 1 aromatic heterocycles. The molecule has 0 aliphatic carbocycles. The third-order valence-electron chi connectivity index (χ3n) is 3.64. The molecule has 0 spiro atoms. The monoisotopic (exact) mass is 259 g/mol. The first-order valence-corrected chi connectivity index (χ1v) is 6.81. The molecule has 1 amide bonds. The van der Waals surface area contributed by atoms with Gasteiger partial charge in [0, 0.05) is 11.9 Å². The van der Waals surface area contributed by atoms with Gasteiger partial charge in [-0.25, -0.2) is 0 Å². The summed E-state index contributed by atoms with van der Waals surface area (Å²) in [6.07, 6.45) is 2.16. The summed E-state index contributed by atoms with van der Waals surface area (Å²) in [4.78, 5) is 15.2. The van der Waals surface area contributed by atoms with Crippen LogP contribution in [-0.2, 0) is 0 Å². The van der Waals surface area contributed by atoms with E-state index in [1.165, 1.54) is 0 Å². The van der Waals surface area contributed by atoms with Gasteiger partial charge in [-0.05, 0) is 18.1 Å². The number of benzene rings is 1. The summed E-state index contributed by atoms with van der Waals surface area (Å²) < 4.78 is 0. The number of amides is 1. The van der Waals surface area contributed by atoms with Crippen molar-refractivity contribution in [1.29, 1.82) is 0 Å². The number of rotatable bonds is 5. The number of aromatic amines is 1. The molecule has 0 atom stereocenters. The molecule has 1 aromatic carbocycles. The molecule has 1 heterocycles. The van der Waals surface area contributed by atoms with E-state index in [0.717, 1.165) is 30.3 Å². The standard InChI is InChI=1S/C15H21N3O/c1-3-10(4-2)9-17-15(19)13-8-11-6-5-7-12(16)14(11)18-13/h5-8,10,18H,3-4,9,16H2,1-2H3,(H,17,19). The van der Waals surface area contributed by atoms with Gasteiger partial charge in [0.05, 0.1) is 11.2 Å². The highest BCUT2D eigenvalue weighted by Gasteiger charge is 2.12. The third-order valence-corrected chi connectivity index (χ3v) is 3.64. The molecular weight excluding hydrogens is 238 g/mol. The first-order valence-electron chi connectivity index (χ1n) is 6.81. The molecule has 0 fully saturated rings. The zero-order valence-electron chi connectivity index (χ0n) is 11.5. The number of carbonyl (C=O) groups is 1. The van der Waals surface area contributed by atoms with Gasteiger partial charge in [-0.3, -0.25) is 4.79 Å². The Bertz CT molecular complexity index is 570. The summed E-state index contributed by atoms with van der Waals surface area (Å²) in [7, 11) is 0. The van der Waals surface area contributed by atoms with E-state index in [9.17, 15) is 4.79 Å². The van der Waals surface area contributed by atoms with Crippen LogP contribution in [0.4, 0.5) is 5.69 Å². The van der Waals surface area contributed by atoms with Crippen LogP contribution in [0.15, 0.2) is 24.3 Å². The van der Waals surface area contributed by atoms with E-state index in [1.54, 1.807) is 0 Å². The van der Waals surface area contributed by atoms with E-state index < -0.39 is 0 Å². The normalized spacial score (nSPS) is 11.1. The molecule has 19 heavy (non-hydrogen) atoms. The summed E-state index contributed by atoms with van der Waals surface area (Å²) in [5, 5.41) is 3.94. The Morgan fingerprint density at radius 3 is 2.74 bits per heavy atom. The fourth-order valence-electron chi connectivity index (χ4n) is 2.21. The number of hydrogen-bond acceptors (Lipinski definition) is 2. The van der Waals surface area contributed by atoms with Crippen molar-refractivity contribution in [2.45, 2.75) is 26.7 Å². The number of nitrogens with two attached hydrogens (primary N) is 1. The van der Waals surface area contributed by atoms with Crippen LogP contribution >= 0.6 is 0 Å². The van der Waals surface area contributed by atoms with Crippen LogP contribution in [0, 0.1) is 5.92 Å². The van der Waals surface area contributed by atoms with Crippen molar-refractivity contribution in [2.24, 2.45) is 5.92 Å². The van der Waals surface area contributed by atoms with Gasteiger partial charge in [0.1, 0.15) is 5.69 Å². The molecule has 2 rings (SSSR count). The van der Waals surface area contributed by atoms with Crippen molar-refractivity contribution in [3.63, 3.8) is 0 Å². The number of H-pyrrole nitrogens is 1. The number of nitrogen functional groups attached to an aromatic ring is 1. The van der Waals surface area contributed by atoms with Crippen molar-refractivity contribution in [2.75, 3.05) is 12.3 Å². The third kappa shape index (κ3) is 2.89. The number of carbonyl (C=O) groups excluding carboxylic acids is 1. The Hall–Kier alpha value is -1.97. The molecule has 0 saturated heterocycles. The summed E-state index contributed by atoms with van der Waals surface area (Å²) in [6, 6.07) is 7.50. The summed E-state index contributed by atoms with van der Waals surface area (Å²) in [6.45, 7) is 5.00. The predicted octanol–water partition coefficient (Wildman–Crippen LogP) is 2.92. The van der Waals surface area contributed by atoms with Crippen LogP contribution in [0.3, 0.4) is 0 Å². The minimum atomic E-state index is -0.0671. The van der Waals surface area contributed by atoms with Gasteiger partial charge in [0.25, 0.3) is 5.91 Å². The second-order valence-electron chi connectivity index (χ2n) is 4.89. The van der Waals surface area contributed by atoms with Crippen LogP contribution < -0.4 is 11.1 Å². The van der Waals surface area contributed by atoms with E-state index in [1.807, 2.05) is 24.3 Å². The van der Waals surface area contributed by atoms with Crippen molar-refractivity contribution < 1.29 is 4.79 Å². The highest BCUT2D eigenvalue weighted by atomic mass is 16.1. The smallest absolute Gasteiger partial charge is 0.267 e. The average Bonchev–Trinajstić information content (AvgIpc) is 2.85. The number of fused-ring (bicyclic) bond motifs is 1. The number of para-hydroxylation sites is 1. The molecule has 0 unspecified atom stereocenters. The summed E-state index contributed by atoms with van der Waals surface area (Å²) >= 11 is 0. The fourth-order valence-corrected chi connectivity index (χ4v) is 2.21. The van der Waals surface area contributed by atoms with Gasteiger partial charge in [-0.2, -0.15) is 0 Å². The van der Waals surface area contributed by atoms with Crippen LogP contribution in [0.1, 0.15) is 37.2 Å². The summed E-state index contributed by atoms with van der Waals surface area (Å²) in [5.74, 6) is 0.473. The molecule has 4 N–H and O–H groups in total. The molecule has 0 radical (unpaired) electrons. The highest BCUT2D eigenvalue weighted by Crippen LogP contribution is 2.21. The molecule has 0 aliphatic rings. The second kappa shape index (κ2) is 5.78. The quantitative estimate of drug-likeness (QED) is 0.722. The minimum absolute atomic E-state index is 0.0671. The van der Waals surface area contributed by atoms with Gasteiger partial charge in [0.15, 0.2) is 0 Å². The summed E-state index contributed by atoms with van der Waals surface area (Å²) in [5.41, 5.74) is 7.93. The lowest BCUT2D eigenvalue weighted by Gasteiger charge is -2.12. The van der Waals surface area contributed by atoms with E-state index >= 15 is 0 Å². The molecule has 4 heteroatoms. The maximum absolute atomic E-state index is 12.1. The zero-order chi connectivity index (χ0) is 13.8. The number of aromatic nitrogens is 1. The van der Waals surface area contributed by atoms with Crippen molar-refractivity contribution in [1.82, 2.24) is 10.3 Å². The molecular formula is C15H21N3O. The van der Waals surface area contributed by atoms with Crippen LogP contribution in [0.5, 0.6) is 0 Å². The minimum Gasteiger partial charge on any atom is -0.397 e. The maximum atomic E-state index is 12.1. The molecule has 0 saturated carbocycles. The number of nitrogens with one attached hydrogen (secondary N) is 2. The topological polar surface area (TPSA) is 70.9 Å². The highest BCUT2D eigenvalue weighted by molar-refractivity contribution is 6.00. The van der Waals surface area contributed by atoms with Crippen LogP contribution in [-0.4, -0.2) is 17.4 Å². The zero-order valence-corrected chi connectivity index (χ0v) is 11.5. The molecule has 4 nitrogen and oxygen atoms in total. The molecule has 2 aromatic rings. The first-order chi connectivity index (χ1) is 9.15. The first kappa shape index (κ1) is 13.5. The Morgan fingerprint density at radius 1 is 1.37 bits per heavy atom. The van der Waals surface area contributed by atoms with Gasteiger partial charge < -0.3 is 16.0 Å². The van der Waals surface area contributed by atoms with E-state index in [0.29, 0.717) is 17.3 Å². The van der Waals surface area contributed by atoms with Gasteiger partial charge in [-0.15, -0.1) is 0 Å². The van der Waals surface area contributed by atoms with Crippen molar-refractivity contribution in [3.8, 4) is 0 Å². The Morgan fingerprint density at radius 2 is 2.11 bits per heavy atom. The Kier molecular flexibility index (Phi) is 4.10. The van der Waals surface area contributed by atoms with E-state index in [4.69, 9.17) is 5.73 Å². The number of hydrogen-bond donors (Lipinski definition) is 3. The largest absolute Gasteiger partial charge is 0.397 e. The lowest BCUT2D eigenvalue weighted by molar-refractivity contribution is 0.0942.